The van der Waals surface area contributed by atoms with Crippen molar-refractivity contribution in [2.75, 3.05) is 14.2 Å². The molecule has 3 rings (SSSR count). The second-order valence-corrected chi connectivity index (χ2v) is 6.72. The van der Waals surface area contributed by atoms with Gasteiger partial charge in [-0.15, -0.1) is 0 Å². The Morgan fingerprint density at radius 2 is 1.87 bits per heavy atom. The van der Waals surface area contributed by atoms with Crippen LogP contribution in [0.3, 0.4) is 0 Å². The Morgan fingerprint density at radius 3 is 2.48 bits per heavy atom. The first-order valence-electron chi connectivity index (χ1n) is 8.41. The molecule has 2 unspecified atom stereocenters. The van der Waals surface area contributed by atoms with E-state index in [9.17, 15) is 4.79 Å². The van der Waals surface area contributed by atoms with Crippen LogP contribution in [0.1, 0.15) is 42.5 Å². The van der Waals surface area contributed by atoms with E-state index in [4.69, 9.17) is 15.2 Å². The molecule has 23 heavy (non-hydrogen) atoms. The average molecular weight is 318 g/mol. The average Bonchev–Trinajstić information content (AvgIpc) is 2.54. The van der Waals surface area contributed by atoms with Crippen molar-refractivity contribution in [3.63, 3.8) is 0 Å². The van der Waals surface area contributed by atoms with Crippen LogP contribution in [0, 0.1) is 11.8 Å². The molecule has 1 aromatic rings. The summed E-state index contributed by atoms with van der Waals surface area (Å²) in [4.78, 5) is 12.8. The maximum Gasteiger partial charge on any atom is 0.255 e. The molecule has 3 N–H and O–H groups in total. The zero-order valence-electron chi connectivity index (χ0n) is 13.9. The molecule has 5 nitrogen and oxygen atoms in total. The van der Waals surface area contributed by atoms with Gasteiger partial charge >= 0.3 is 0 Å². The van der Waals surface area contributed by atoms with Gasteiger partial charge in [-0.05, 0) is 49.7 Å². The monoisotopic (exact) mass is 318 g/mol. The highest BCUT2D eigenvalue weighted by atomic mass is 16.5. The molecule has 0 aliphatic heterocycles. The normalized spacial score (nSPS) is 29.7. The van der Waals surface area contributed by atoms with E-state index in [1.807, 2.05) is 6.07 Å². The molecule has 1 amide bonds. The molecule has 0 saturated heterocycles. The molecular weight excluding hydrogens is 292 g/mol. The Bertz CT molecular complexity index is 561. The molecule has 0 radical (unpaired) electrons. The third kappa shape index (κ3) is 3.15. The summed E-state index contributed by atoms with van der Waals surface area (Å²) in [5.41, 5.74) is 6.69. The van der Waals surface area contributed by atoms with Gasteiger partial charge in [0.05, 0.1) is 19.8 Å². The van der Waals surface area contributed by atoms with Gasteiger partial charge in [-0.2, -0.15) is 0 Å². The molecule has 2 aliphatic rings. The first kappa shape index (κ1) is 16.1. The molecule has 2 bridgehead atoms. The van der Waals surface area contributed by atoms with Gasteiger partial charge in [-0.25, -0.2) is 0 Å². The second-order valence-electron chi connectivity index (χ2n) is 6.72. The Morgan fingerprint density at radius 1 is 1.17 bits per heavy atom. The molecule has 0 spiro atoms. The zero-order chi connectivity index (χ0) is 16.4. The number of carbonyl (C=O) groups excluding carboxylic acids is 1. The van der Waals surface area contributed by atoms with Gasteiger partial charge in [-0.3, -0.25) is 4.79 Å². The molecule has 126 valence electrons. The number of para-hydroxylation sites is 1. The lowest BCUT2D eigenvalue weighted by Gasteiger charge is -2.45. The minimum Gasteiger partial charge on any atom is -0.493 e. The SMILES string of the molecule is COc1cccc(C(=O)NC2C3CCCC2CC(N)C3)c1OC. The molecule has 0 aromatic heterocycles. The Balaban J connectivity index is 1.79. The van der Waals surface area contributed by atoms with E-state index in [0.29, 0.717) is 28.9 Å². The van der Waals surface area contributed by atoms with Gasteiger partial charge < -0.3 is 20.5 Å². The molecule has 5 heteroatoms. The summed E-state index contributed by atoms with van der Waals surface area (Å²) >= 11 is 0. The second kappa shape index (κ2) is 6.79. The lowest BCUT2D eigenvalue weighted by molar-refractivity contribution is 0.0753. The summed E-state index contributed by atoms with van der Waals surface area (Å²) in [7, 11) is 3.13. The Kier molecular flexibility index (Phi) is 4.76. The van der Waals surface area contributed by atoms with Crippen molar-refractivity contribution >= 4 is 5.91 Å². The maximum absolute atomic E-state index is 12.8. The van der Waals surface area contributed by atoms with Crippen LogP contribution in [0.25, 0.3) is 0 Å². The summed E-state index contributed by atoms with van der Waals surface area (Å²) in [6.45, 7) is 0. The van der Waals surface area contributed by atoms with Crippen molar-refractivity contribution < 1.29 is 14.3 Å². The minimum atomic E-state index is -0.0851. The summed E-state index contributed by atoms with van der Waals surface area (Å²) < 4.78 is 10.7. The van der Waals surface area contributed by atoms with E-state index in [-0.39, 0.29) is 18.0 Å². The summed E-state index contributed by atoms with van der Waals surface area (Å²) in [6.07, 6.45) is 5.58. The Labute approximate surface area is 137 Å². The highest BCUT2D eigenvalue weighted by Gasteiger charge is 2.40. The predicted molar refractivity (Wildman–Crippen MR) is 88.8 cm³/mol. The number of methoxy groups -OCH3 is 2. The van der Waals surface area contributed by atoms with Crippen LogP contribution >= 0.6 is 0 Å². The fourth-order valence-corrected chi connectivity index (χ4v) is 4.32. The first-order valence-corrected chi connectivity index (χ1v) is 8.41. The lowest BCUT2D eigenvalue weighted by atomic mass is 9.67. The van der Waals surface area contributed by atoms with Crippen LogP contribution in [0.5, 0.6) is 11.5 Å². The number of nitrogens with two attached hydrogens (primary N) is 1. The van der Waals surface area contributed by atoms with Gasteiger partial charge in [0, 0.05) is 12.1 Å². The number of rotatable bonds is 4. The van der Waals surface area contributed by atoms with Crippen LogP contribution in [-0.4, -0.2) is 32.2 Å². The highest BCUT2D eigenvalue weighted by Crippen LogP contribution is 2.40. The third-order valence-corrected chi connectivity index (χ3v) is 5.32. The van der Waals surface area contributed by atoms with Crippen molar-refractivity contribution in [1.82, 2.24) is 5.32 Å². The van der Waals surface area contributed by atoms with E-state index in [1.54, 1.807) is 26.4 Å². The van der Waals surface area contributed by atoms with E-state index >= 15 is 0 Å². The van der Waals surface area contributed by atoms with E-state index < -0.39 is 0 Å². The number of nitrogens with one attached hydrogen (secondary N) is 1. The molecule has 2 aliphatic carbocycles. The zero-order valence-corrected chi connectivity index (χ0v) is 13.9. The number of benzene rings is 1. The molecule has 1 aromatic carbocycles. The molecular formula is C18H26N2O3. The van der Waals surface area contributed by atoms with Crippen molar-refractivity contribution in [3.8, 4) is 11.5 Å². The largest absolute Gasteiger partial charge is 0.493 e. The van der Waals surface area contributed by atoms with Crippen LogP contribution in [-0.2, 0) is 0 Å². The van der Waals surface area contributed by atoms with Crippen molar-refractivity contribution in [2.45, 2.75) is 44.2 Å². The highest BCUT2D eigenvalue weighted by molar-refractivity contribution is 5.98. The summed E-state index contributed by atoms with van der Waals surface area (Å²) in [6, 6.07) is 5.90. The fourth-order valence-electron chi connectivity index (χ4n) is 4.32. The number of amides is 1. The third-order valence-electron chi connectivity index (χ3n) is 5.32. The van der Waals surface area contributed by atoms with Gasteiger partial charge in [-0.1, -0.05) is 12.5 Å². The van der Waals surface area contributed by atoms with Crippen LogP contribution < -0.4 is 20.5 Å². The van der Waals surface area contributed by atoms with Crippen molar-refractivity contribution in [2.24, 2.45) is 17.6 Å². The standard InChI is InChI=1S/C18H26N2O3/c1-22-15-8-4-7-14(17(15)23-2)18(21)20-16-11-5-3-6-12(16)10-13(19)9-11/h4,7-8,11-13,16H,3,5-6,9-10,19H2,1-2H3,(H,20,21). The molecule has 2 atom stereocenters. The van der Waals surface area contributed by atoms with Gasteiger partial charge in [0.2, 0.25) is 0 Å². The number of hydrogen-bond donors (Lipinski definition) is 2. The Hall–Kier alpha value is -1.75. The minimum absolute atomic E-state index is 0.0851. The van der Waals surface area contributed by atoms with Crippen molar-refractivity contribution in [3.05, 3.63) is 23.8 Å². The number of carbonyl (C=O) groups is 1. The number of fused-ring (bicyclic) bond motifs is 2. The smallest absolute Gasteiger partial charge is 0.255 e. The van der Waals surface area contributed by atoms with E-state index in [1.165, 1.54) is 6.42 Å². The predicted octanol–water partition coefficient (Wildman–Crippen LogP) is 2.34. The van der Waals surface area contributed by atoms with Crippen LogP contribution in [0.15, 0.2) is 18.2 Å². The van der Waals surface area contributed by atoms with Gasteiger partial charge in [0.15, 0.2) is 11.5 Å². The topological polar surface area (TPSA) is 73.6 Å². The van der Waals surface area contributed by atoms with Gasteiger partial charge in [0.1, 0.15) is 0 Å². The number of ether oxygens (including phenoxy) is 2. The molecule has 0 heterocycles. The van der Waals surface area contributed by atoms with E-state index in [2.05, 4.69) is 5.32 Å². The summed E-state index contributed by atoms with van der Waals surface area (Å²) in [5, 5.41) is 3.25. The summed E-state index contributed by atoms with van der Waals surface area (Å²) in [5.74, 6) is 1.98. The van der Waals surface area contributed by atoms with Crippen LogP contribution in [0.4, 0.5) is 0 Å². The lowest BCUT2D eigenvalue weighted by Crippen LogP contribution is -2.53. The quantitative estimate of drug-likeness (QED) is 0.893. The van der Waals surface area contributed by atoms with Gasteiger partial charge in [0.25, 0.3) is 5.91 Å². The molecule has 2 fully saturated rings. The molecule has 2 saturated carbocycles. The van der Waals surface area contributed by atoms with Crippen molar-refractivity contribution in [1.29, 1.82) is 0 Å². The first-order chi connectivity index (χ1) is 11.1. The maximum atomic E-state index is 12.8. The fraction of sp³-hybridized carbons (Fsp3) is 0.611. The number of hydrogen-bond acceptors (Lipinski definition) is 4. The van der Waals surface area contributed by atoms with E-state index in [0.717, 1.165) is 25.7 Å². The van der Waals surface area contributed by atoms with Crippen LogP contribution in [0.2, 0.25) is 0 Å².